The zero-order valence-electron chi connectivity index (χ0n) is 12.6. The second kappa shape index (κ2) is 6.30. The van der Waals surface area contributed by atoms with Crippen LogP contribution in [0.4, 0.5) is 4.79 Å². The van der Waals surface area contributed by atoms with Gasteiger partial charge in [-0.1, -0.05) is 5.92 Å². The van der Waals surface area contributed by atoms with Gasteiger partial charge in [0.1, 0.15) is 16.7 Å². The third kappa shape index (κ3) is 4.09. The van der Waals surface area contributed by atoms with E-state index >= 15 is 0 Å². The maximum Gasteiger partial charge on any atom is 0.407 e. The van der Waals surface area contributed by atoms with Gasteiger partial charge >= 0.3 is 6.09 Å². The fraction of sp³-hybridized carbons (Fsp3) is 0.429. The quantitative estimate of drug-likeness (QED) is 0.564. The molecule has 22 heavy (non-hydrogen) atoms. The number of nitrogens with one attached hydrogen (secondary N) is 3. The lowest BCUT2D eigenvalue weighted by atomic mass is 10.2. The Morgan fingerprint density at radius 1 is 1.45 bits per heavy atom. The molecule has 0 radical (unpaired) electrons. The molecule has 0 atom stereocenters. The molecular formula is C14H17N5O3. The van der Waals surface area contributed by atoms with Gasteiger partial charge in [0, 0.05) is 13.0 Å². The van der Waals surface area contributed by atoms with E-state index in [9.17, 15) is 9.59 Å². The highest BCUT2D eigenvalue weighted by Crippen LogP contribution is 2.06. The fourth-order valence-electron chi connectivity index (χ4n) is 1.65. The van der Waals surface area contributed by atoms with Gasteiger partial charge in [-0.3, -0.25) is 9.89 Å². The summed E-state index contributed by atoms with van der Waals surface area (Å²) in [6, 6.07) is 0. The van der Waals surface area contributed by atoms with E-state index in [1.165, 1.54) is 6.33 Å². The van der Waals surface area contributed by atoms with Crippen molar-refractivity contribution in [3.05, 3.63) is 22.4 Å². The van der Waals surface area contributed by atoms with Crippen LogP contribution in [0.2, 0.25) is 0 Å². The van der Waals surface area contributed by atoms with Crippen LogP contribution in [-0.4, -0.2) is 38.4 Å². The molecule has 116 valence electrons. The molecule has 2 aromatic rings. The molecule has 8 nitrogen and oxygen atoms in total. The van der Waals surface area contributed by atoms with Crippen LogP contribution >= 0.6 is 0 Å². The number of rotatable bonds is 2. The topological polar surface area (TPSA) is 113 Å². The number of ether oxygens (including phenoxy) is 1. The molecule has 0 saturated carbocycles. The molecule has 1 amide bonds. The van der Waals surface area contributed by atoms with Gasteiger partial charge in [0.15, 0.2) is 5.65 Å². The molecule has 0 fully saturated rings. The first-order valence-electron chi connectivity index (χ1n) is 6.74. The molecule has 0 aliphatic heterocycles. The molecule has 0 saturated heterocycles. The lowest BCUT2D eigenvalue weighted by molar-refractivity contribution is 0.0529. The molecule has 2 aromatic heterocycles. The summed E-state index contributed by atoms with van der Waals surface area (Å²) in [5.74, 6) is 5.66. The summed E-state index contributed by atoms with van der Waals surface area (Å²) in [5.41, 5.74) is -0.102. The predicted octanol–water partition coefficient (Wildman–Crippen LogP) is 0.912. The summed E-state index contributed by atoms with van der Waals surface area (Å²) in [4.78, 5) is 29.5. The van der Waals surface area contributed by atoms with Gasteiger partial charge in [0.05, 0.1) is 6.33 Å². The van der Waals surface area contributed by atoms with E-state index in [2.05, 4.69) is 37.3 Å². The molecule has 2 rings (SSSR count). The van der Waals surface area contributed by atoms with Crippen molar-refractivity contribution in [1.82, 2.24) is 25.5 Å². The zero-order valence-corrected chi connectivity index (χ0v) is 12.6. The third-order valence-corrected chi connectivity index (χ3v) is 2.49. The normalized spacial score (nSPS) is 10.9. The van der Waals surface area contributed by atoms with Crippen LogP contribution in [0.25, 0.3) is 11.0 Å². The van der Waals surface area contributed by atoms with E-state index in [0.29, 0.717) is 29.7 Å². The van der Waals surface area contributed by atoms with Crippen LogP contribution in [0.3, 0.4) is 0 Å². The number of fused-ring (bicyclic) bond motifs is 1. The minimum atomic E-state index is -0.529. The largest absolute Gasteiger partial charge is 0.444 e. The van der Waals surface area contributed by atoms with Crippen molar-refractivity contribution >= 4 is 17.1 Å². The molecule has 8 heteroatoms. The van der Waals surface area contributed by atoms with Gasteiger partial charge in [-0.15, -0.1) is 0 Å². The molecule has 0 aliphatic carbocycles. The number of alkyl carbamates (subject to hydrolysis) is 1. The third-order valence-electron chi connectivity index (χ3n) is 2.49. The molecule has 0 aromatic carbocycles. The summed E-state index contributed by atoms with van der Waals surface area (Å²) < 4.78 is 5.10. The molecule has 0 bridgehead atoms. The van der Waals surface area contributed by atoms with E-state index in [-0.39, 0.29) is 5.56 Å². The van der Waals surface area contributed by atoms with Crippen molar-refractivity contribution in [2.24, 2.45) is 0 Å². The average molecular weight is 303 g/mol. The van der Waals surface area contributed by atoms with Gasteiger partial charge in [-0.05, 0) is 26.7 Å². The standard InChI is InChI=1S/C14H17N5O3/c1-14(2,3)22-13(21)15-7-5-4-6-9-10-11(19-18-9)16-8-17-12(10)20/h8H,5,7H2,1-3H3,(H,15,21)(H2,16,17,18,19,20). The Kier molecular flexibility index (Phi) is 4.46. The lowest BCUT2D eigenvalue weighted by Crippen LogP contribution is -2.32. The highest BCUT2D eigenvalue weighted by atomic mass is 16.6. The number of aromatic amines is 2. The van der Waals surface area contributed by atoms with Crippen LogP contribution in [-0.2, 0) is 4.74 Å². The number of aromatic nitrogens is 4. The maximum atomic E-state index is 11.7. The average Bonchev–Trinajstić information content (AvgIpc) is 2.81. The Labute approximate surface area is 126 Å². The minimum Gasteiger partial charge on any atom is -0.444 e. The Balaban J connectivity index is 1.92. The molecule has 2 heterocycles. The molecule has 0 spiro atoms. The molecule has 0 unspecified atom stereocenters. The van der Waals surface area contributed by atoms with E-state index in [4.69, 9.17) is 4.74 Å². The summed E-state index contributed by atoms with van der Waals surface area (Å²) >= 11 is 0. The van der Waals surface area contributed by atoms with Gasteiger partial charge < -0.3 is 15.0 Å². The Morgan fingerprint density at radius 3 is 2.95 bits per heavy atom. The van der Waals surface area contributed by atoms with Crippen molar-refractivity contribution in [2.75, 3.05) is 6.54 Å². The van der Waals surface area contributed by atoms with Crippen LogP contribution in [0.5, 0.6) is 0 Å². The van der Waals surface area contributed by atoms with Crippen molar-refractivity contribution in [3.8, 4) is 11.8 Å². The monoisotopic (exact) mass is 303 g/mol. The van der Waals surface area contributed by atoms with Crippen LogP contribution < -0.4 is 10.9 Å². The fourth-order valence-corrected chi connectivity index (χ4v) is 1.65. The van der Waals surface area contributed by atoms with Gasteiger partial charge in [-0.25, -0.2) is 9.78 Å². The number of hydrogen-bond acceptors (Lipinski definition) is 5. The Morgan fingerprint density at radius 2 is 2.23 bits per heavy atom. The van der Waals surface area contributed by atoms with E-state index < -0.39 is 11.7 Å². The number of nitrogens with zero attached hydrogens (tertiary/aromatic N) is 2. The van der Waals surface area contributed by atoms with Crippen LogP contribution in [0.15, 0.2) is 11.1 Å². The van der Waals surface area contributed by atoms with Crippen molar-refractivity contribution in [1.29, 1.82) is 0 Å². The summed E-state index contributed by atoms with van der Waals surface area (Å²) in [6.07, 6.45) is 1.22. The lowest BCUT2D eigenvalue weighted by Gasteiger charge is -2.19. The van der Waals surface area contributed by atoms with E-state index in [0.717, 1.165) is 0 Å². The zero-order chi connectivity index (χ0) is 16.2. The minimum absolute atomic E-state index is 0.296. The van der Waals surface area contributed by atoms with Crippen molar-refractivity contribution < 1.29 is 9.53 Å². The number of carbonyl (C=O) groups excluding carboxylic acids is 1. The van der Waals surface area contributed by atoms with Crippen molar-refractivity contribution in [3.63, 3.8) is 0 Å². The van der Waals surface area contributed by atoms with Crippen molar-refractivity contribution in [2.45, 2.75) is 32.8 Å². The number of H-pyrrole nitrogens is 2. The number of amides is 1. The predicted molar refractivity (Wildman–Crippen MR) is 80.2 cm³/mol. The number of hydrogen-bond donors (Lipinski definition) is 3. The molecule has 0 aliphatic rings. The van der Waals surface area contributed by atoms with Gasteiger partial charge in [-0.2, -0.15) is 5.10 Å². The van der Waals surface area contributed by atoms with Crippen LogP contribution in [0, 0.1) is 11.8 Å². The smallest absolute Gasteiger partial charge is 0.407 e. The maximum absolute atomic E-state index is 11.7. The second-order valence-electron chi connectivity index (χ2n) is 5.51. The summed E-state index contributed by atoms with van der Waals surface area (Å²) in [5, 5.41) is 9.49. The summed E-state index contributed by atoms with van der Waals surface area (Å²) in [7, 11) is 0. The second-order valence-corrected chi connectivity index (χ2v) is 5.51. The van der Waals surface area contributed by atoms with Gasteiger partial charge in [0.2, 0.25) is 0 Å². The Bertz CT molecular complexity index is 788. The van der Waals surface area contributed by atoms with E-state index in [1.807, 2.05) is 0 Å². The number of carbonyl (C=O) groups is 1. The Hall–Kier alpha value is -2.82. The van der Waals surface area contributed by atoms with Crippen LogP contribution in [0.1, 0.15) is 32.9 Å². The highest BCUT2D eigenvalue weighted by Gasteiger charge is 2.15. The SMILES string of the molecule is CC(C)(C)OC(=O)NCCC#Cc1[nH]nc2nc[nH]c(=O)c12. The molecule has 3 N–H and O–H groups in total. The van der Waals surface area contributed by atoms with Gasteiger partial charge in [0.25, 0.3) is 5.56 Å². The molecular weight excluding hydrogens is 286 g/mol. The first-order chi connectivity index (χ1) is 10.4. The highest BCUT2D eigenvalue weighted by molar-refractivity contribution is 5.79. The first kappa shape index (κ1) is 15.6. The first-order valence-corrected chi connectivity index (χ1v) is 6.74. The summed E-state index contributed by atoms with van der Waals surface area (Å²) in [6.45, 7) is 5.73. The van der Waals surface area contributed by atoms with E-state index in [1.54, 1.807) is 20.8 Å².